The molecule has 0 aliphatic rings. The van der Waals surface area contributed by atoms with Crippen LogP contribution in [0.4, 0.5) is 4.79 Å². The molecule has 8 heteroatoms. The Kier molecular flexibility index (Phi) is 7.39. The number of pyridine rings is 1. The summed E-state index contributed by atoms with van der Waals surface area (Å²) < 4.78 is 11.4. The van der Waals surface area contributed by atoms with Crippen molar-refractivity contribution >= 4 is 34.7 Å². The van der Waals surface area contributed by atoms with Crippen molar-refractivity contribution in [1.29, 1.82) is 5.26 Å². The number of alkyl carbamates (subject to hydrolysis) is 1. The van der Waals surface area contributed by atoms with Crippen LogP contribution in [0.25, 0.3) is 17.0 Å². The SMILES string of the molecule is CC(C)(C)OC(=O)N[C@H](COc1cncc(Cl)c1/C=C/C#N)Cc1c[nH]c2ccccc12. The maximum Gasteiger partial charge on any atom is 0.408 e. The number of aromatic amines is 1. The van der Waals surface area contributed by atoms with Crippen molar-refractivity contribution in [3.05, 3.63) is 65.1 Å². The second-order valence-corrected chi connectivity index (χ2v) is 8.62. The van der Waals surface area contributed by atoms with Crippen molar-refractivity contribution < 1.29 is 14.3 Å². The minimum atomic E-state index is -0.623. The van der Waals surface area contributed by atoms with E-state index in [0.29, 0.717) is 22.8 Å². The number of hydrogen-bond acceptors (Lipinski definition) is 5. The number of allylic oxidation sites excluding steroid dienone is 1. The fraction of sp³-hybridized carbons (Fsp3) is 0.292. The van der Waals surface area contributed by atoms with Crippen LogP contribution in [-0.2, 0) is 11.2 Å². The van der Waals surface area contributed by atoms with Crippen molar-refractivity contribution in [3.63, 3.8) is 0 Å². The highest BCUT2D eigenvalue weighted by Crippen LogP contribution is 2.27. The molecule has 0 spiro atoms. The van der Waals surface area contributed by atoms with Crippen LogP contribution in [0, 0.1) is 11.3 Å². The molecule has 166 valence electrons. The lowest BCUT2D eigenvalue weighted by Crippen LogP contribution is -2.43. The number of benzene rings is 1. The number of nitriles is 1. The van der Waals surface area contributed by atoms with Crippen LogP contribution in [0.3, 0.4) is 0 Å². The predicted octanol–water partition coefficient (Wildman–Crippen LogP) is 5.27. The summed E-state index contributed by atoms with van der Waals surface area (Å²) in [5, 5.41) is 13.2. The number of halogens is 1. The second-order valence-electron chi connectivity index (χ2n) is 8.21. The van der Waals surface area contributed by atoms with Crippen LogP contribution in [0.2, 0.25) is 5.02 Å². The lowest BCUT2D eigenvalue weighted by Gasteiger charge is -2.24. The highest BCUT2D eigenvalue weighted by Gasteiger charge is 2.22. The molecule has 1 atom stereocenters. The average Bonchev–Trinajstić information content (AvgIpc) is 3.13. The molecule has 1 amide bonds. The summed E-state index contributed by atoms with van der Waals surface area (Å²) in [6.07, 6.45) is 7.80. The van der Waals surface area contributed by atoms with Crippen molar-refractivity contribution in [2.75, 3.05) is 6.61 Å². The molecule has 0 bridgehead atoms. The van der Waals surface area contributed by atoms with E-state index in [4.69, 9.17) is 26.3 Å². The van der Waals surface area contributed by atoms with Crippen molar-refractivity contribution in [3.8, 4) is 11.8 Å². The Bertz CT molecular complexity index is 1160. The third-order valence-electron chi connectivity index (χ3n) is 4.53. The Balaban J connectivity index is 1.81. The first-order chi connectivity index (χ1) is 15.3. The zero-order valence-corrected chi connectivity index (χ0v) is 18.9. The Morgan fingerprint density at radius 1 is 1.34 bits per heavy atom. The van der Waals surface area contributed by atoms with Gasteiger partial charge < -0.3 is 19.8 Å². The molecule has 2 N–H and O–H groups in total. The van der Waals surface area contributed by atoms with Crippen LogP contribution in [0.15, 0.2) is 48.9 Å². The predicted molar refractivity (Wildman–Crippen MR) is 125 cm³/mol. The molecule has 32 heavy (non-hydrogen) atoms. The maximum absolute atomic E-state index is 12.5. The fourth-order valence-electron chi connectivity index (χ4n) is 3.21. The molecule has 0 radical (unpaired) electrons. The first kappa shape index (κ1) is 23.2. The summed E-state index contributed by atoms with van der Waals surface area (Å²) >= 11 is 6.22. The number of amides is 1. The number of nitrogens with zero attached hydrogens (tertiary/aromatic N) is 2. The highest BCUT2D eigenvalue weighted by atomic mass is 35.5. The molecular weight excluding hydrogens is 428 g/mol. The monoisotopic (exact) mass is 452 g/mol. The number of H-pyrrole nitrogens is 1. The van der Waals surface area contributed by atoms with E-state index in [1.807, 2.05) is 57.3 Å². The molecule has 7 nitrogen and oxygen atoms in total. The van der Waals surface area contributed by atoms with E-state index in [1.54, 1.807) is 6.08 Å². The second kappa shape index (κ2) is 10.2. The first-order valence-corrected chi connectivity index (χ1v) is 10.5. The van der Waals surface area contributed by atoms with Gasteiger partial charge in [0.1, 0.15) is 18.0 Å². The van der Waals surface area contributed by atoms with Crippen LogP contribution < -0.4 is 10.1 Å². The van der Waals surface area contributed by atoms with E-state index in [1.165, 1.54) is 18.5 Å². The third-order valence-corrected chi connectivity index (χ3v) is 4.83. The van der Waals surface area contributed by atoms with Crippen LogP contribution >= 0.6 is 11.6 Å². The summed E-state index contributed by atoms with van der Waals surface area (Å²) in [6.45, 7) is 5.57. The number of hydrogen-bond donors (Lipinski definition) is 2. The topological polar surface area (TPSA) is 100 Å². The van der Waals surface area contributed by atoms with Gasteiger partial charge in [0.2, 0.25) is 0 Å². The fourth-order valence-corrected chi connectivity index (χ4v) is 3.42. The minimum Gasteiger partial charge on any atom is -0.489 e. The molecule has 3 rings (SSSR count). The van der Waals surface area contributed by atoms with E-state index < -0.39 is 17.7 Å². The summed E-state index contributed by atoms with van der Waals surface area (Å²) in [5.74, 6) is 0.416. The average molecular weight is 453 g/mol. The molecule has 0 fully saturated rings. The Hall–Kier alpha value is -3.50. The smallest absolute Gasteiger partial charge is 0.408 e. The van der Waals surface area contributed by atoms with Gasteiger partial charge in [0.15, 0.2) is 0 Å². The van der Waals surface area contributed by atoms with Crippen LogP contribution in [0.5, 0.6) is 5.75 Å². The molecule has 0 saturated carbocycles. The van der Waals surface area contributed by atoms with Crippen molar-refractivity contribution in [2.45, 2.75) is 38.8 Å². The van der Waals surface area contributed by atoms with Gasteiger partial charge in [-0.1, -0.05) is 29.8 Å². The van der Waals surface area contributed by atoms with Crippen LogP contribution in [-0.4, -0.2) is 34.3 Å². The zero-order chi connectivity index (χ0) is 23.1. The largest absolute Gasteiger partial charge is 0.489 e. The zero-order valence-electron chi connectivity index (χ0n) is 18.2. The summed E-state index contributed by atoms with van der Waals surface area (Å²) in [7, 11) is 0. The van der Waals surface area contributed by atoms with Gasteiger partial charge in [0, 0.05) is 34.9 Å². The summed E-state index contributed by atoms with van der Waals surface area (Å²) in [5.41, 5.74) is 1.98. The molecule has 1 aromatic carbocycles. The molecule has 0 unspecified atom stereocenters. The van der Waals surface area contributed by atoms with E-state index in [9.17, 15) is 4.79 Å². The number of para-hydroxylation sites is 1. The number of nitrogens with one attached hydrogen (secondary N) is 2. The van der Waals surface area contributed by atoms with E-state index in [0.717, 1.165) is 16.5 Å². The van der Waals surface area contributed by atoms with Gasteiger partial charge in [0.25, 0.3) is 0 Å². The highest BCUT2D eigenvalue weighted by molar-refractivity contribution is 6.32. The lowest BCUT2D eigenvalue weighted by molar-refractivity contribution is 0.0488. The van der Waals surface area contributed by atoms with Gasteiger partial charge in [-0.05, 0) is 44.9 Å². The van der Waals surface area contributed by atoms with Crippen molar-refractivity contribution in [2.24, 2.45) is 0 Å². The standard InChI is InChI=1S/C24H25ClN4O3/c1-24(2,3)32-23(30)29-17(11-16-12-28-21-9-5-4-7-18(16)21)15-31-22-14-27-13-20(25)19(22)8-6-10-26/h4-9,12-14,17,28H,11,15H2,1-3H3,(H,29,30)/b8-6+/t17-/m0/s1. The van der Waals surface area contributed by atoms with Gasteiger partial charge in [-0.2, -0.15) is 5.26 Å². The normalized spacial score (nSPS) is 12.5. The number of fused-ring (bicyclic) bond motifs is 1. The molecule has 0 aliphatic carbocycles. The van der Waals surface area contributed by atoms with Crippen LogP contribution in [0.1, 0.15) is 31.9 Å². The molecule has 2 aromatic heterocycles. The van der Waals surface area contributed by atoms with E-state index in [2.05, 4.69) is 15.3 Å². The summed E-state index contributed by atoms with van der Waals surface area (Å²) in [6, 6.07) is 9.50. The number of rotatable bonds is 7. The Labute approximate surface area is 192 Å². The Morgan fingerprint density at radius 2 is 2.12 bits per heavy atom. The van der Waals surface area contributed by atoms with Gasteiger partial charge in [0.05, 0.1) is 23.3 Å². The van der Waals surface area contributed by atoms with Gasteiger partial charge in [-0.15, -0.1) is 0 Å². The first-order valence-electron chi connectivity index (χ1n) is 10.1. The van der Waals surface area contributed by atoms with Gasteiger partial charge in [-0.3, -0.25) is 4.98 Å². The van der Waals surface area contributed by atoms with Gasteiger partial charge in [-0.25, -0.2) is 4.79 Å². The summed E-state index contributed by atoms with van der Waals surface area (Å²) in [4.78, 5) is 19.8. The Morgan fingerprint density at radius 3 is 2.88 bits per heavy atom. The number of ether oxygens (including phenoxy) is 2. The molecule has 3 aromatic rings. The van der Waals surface area contributed by atoms with E-state index in [-0.39, 0.29) is 6.61 Å². The quantitative estimate of drug-likeness (QED) is 0.476. The molecular formula is C24H25ClN4O3. The minimum absolute atomic E-state index is 0.147. The third kappa shape index (κ3) is 6.25. The van der Waals surface area contributed by atoms with Crippen molar-refractivity contribution in [1.82, 2.24) is 15.3 Å². The molecule has 0 saturated heterocycles. The maximum atomic E-state index is 12.5. The number of aromatic nitrogens is 2. The molecule has 0 aliphatic heterocycles. The van der Waals surface area contributed by atoms with E-state index >= 15 is 0 Å². The molecule has 2 heterocycles. The number of carbonyl (C=O) groups is 1. The number of carbonyl (C=O) groups excluding carboxylic acids is 1. The lowest BCUT2D eigenvalue weighted by atomic mass is 10.1. The van der Waals surface area contributed by atoms with Gasteiger partial charge >= 0.3 is 6.09 Å².